The summed E-state index contributed by atoms with van der Waals surface area (Å²) in [6.45, 7) is 17.7. The van der Waals surface area contributed by atoms with Crippen molar-refractivity contribution in [3.8, 4) is 0 Å². The maximum Gasteiger partial charge on any atom is -0.0266 e. The molecule has 0 aromatic rings. The third-order valence-corrected chi connectivity index (χ3v) is 10.4. The van der Waals surface area contributed by atoms with Gasteiger partial charge in [0.2, 0.25) is 0 Å². The molecule has 0 radical (unpaired) electrons. The van der Waals surface area contributed by atoms with Crippen LogP contribution < -0.4 is 0 Å². The molecule has 4 rings (SSSR count). The summed E-state index contributed by atoms with van der Waals surface area (Å²) < 4.78 is 0. The van der Waals surface area contributed by atoms with Gasteiger partial charge in [0.15, 0.2) is 0 Å². The molecule has 7 atom stereocenters. The second-order valence-electron chi connectivity index (χ2n) is 13.1. The minimum Gasteiger partial charge on any atom is -0.100 e. The van der Waals surface area contributed by atoms with E-state index in [4.69, 9.17) is 0 Å². The molecule has 0 N–H and O–H groups in total. The van der Waals surface area contributed by atoms with Crippen molar-refractivity contribution in [3.63, 3.8) is 0 Å². The third kappa shape index (κ3) is 5.04. The smallest absolute Gasteiger partial charge is 0.0266 e. The first kappa shape index (κ1) is 24.4. The summed E-state index contributed by atoms with van der Waals surface area (Å²) in [4.78, 5) is 0. The highest BCUT2D eigenvalue weighted by Gasteiger charge is 2.59. The van der Waals surface area contributed by atoms with Gasteiger partial charge in [-0.2, -0.15) is 0 Å². The minimum atomic E-state index is 0.705. The largest absolute Gasteiger partial charge is 0.100 e. The molecule has 4 aliphatic rings. The first-order valence-corrected chi connectivity index (χ1v) is 13.8. The summed E-state index contributed by atoms with van der Waals surface area (Å²) in [5.74, 6) is 6.28. The number of hydrogen-bond donors (Lipinski definition) is 0. The lowest BCUT2D eigenvalue weighted by Crippen LogP contribution is -2.52. The van der Waals surface area contributed by atoms with Crippen LogP contribution in [0.25, 0.3) is 0 Å². The molecule has 0 spiro atoms. The van der Waals surface area contributed by atoms with Crippen molar-refractivity contribution < 1.29 is 0 Å². The summed E-state index contributed by atoms with van der Waals surface area (Å²) in [6, 6.07) is 0. The van der Waals surface area contributed by atoms with Crippen molar-refractivity contribution in [1.29, 1.82) is 0 Å². The van der Waals surface area contributed by atoms with Gasteiger partial charge in [-0.25, -0.2) is 0 Å². The Kier molecular flexibility index (Phi) is 8.23. The molecule has 0 bridgehead atoms. The van der Waals surface area contributed by atoms with E-state index in [1.165, 1.54) is 44.1 Å². The van der Waals surface area contributed by atoms with Crippen LogP contribution in [-0.2, 0) is 0 Å². The number of unbranched alkanes of at least 4 members (excludes halogenated alkanes) is 1. The summed E-state index contributed by atoms with van der Waals surface area (Å²) in [5, 5.41) is 0. The second kappa shape index (κ2) is 10.1. The van der Waals surface area contributed by atoms with E-state index in [1.54, 1.807) is 51.4 Å². The van der Waals surface area contributed by atoms with Gasteiger partial charge in [-0.15, -0.1) is 6.58 Å². The average molecular weight is 415 g/mol. The van der Waals surface area contributed by atoms with Gasteiger partial charge in [0.1, 0.15) is 0 Å². The molecule has 0 heterocycles. The van der Waals surface area contributed by atoms with Gasteiger partial charge in [-0.1, -0.05) is 65.4 Å². The molecule has 0 nitrogen and oxygen atoms in total. The fourth-order valence-electron chi connectivity index (χ4n) is 8.82. The summed E-state index contributed by atoms with van der Waals surface area (Å²) in [6.07, 6.45) is 21.6. The lowest BCUT2D eigenvalue weighted by atomic mass is 9.45. The highest BCUT2D eigenvalue weighted by atomic mass is 14.6. The van der Waals surface area contributed by atoms with Crippen LogP contribution in [0.5, 0.6) is 0 Å². The summed E-state index contributed by atoms with van der Waals surface area (Å²) in [5.41, 5.74) is 2.59. The van der Waals surface area contributed by atoms with E-state index in [9.17, 15) is 0 Å². The van der Waals surface area contributed by atoms with Crippen LogP contribution in [0.4, 0.5) is 0 Å². The topological polar surface area (TPSA) is 0 Å². The minimum absolute atomic E-state index is 0.705. The molecule has 0 aromatic carbocycles. The molecule has 0 amide bonds. The Balaban J connectivity index is 0.000000589. The molecule has 7 unspecified atom stereocenters. The lowest BCUT2D eigenvalue weighted by Gasteiger charge is -2.60. The average Bonchev–Trinajstić information content (AvgIpc) is 3.00. The van der Waals surface area contributed by atoms with Crippen molar-refractivity contribution >= 4 is 0 Å². The Morgan fingerprint density at radius 1 is 0.833 bits per heavy atom. The van der Waals surface area contributed by atoms with Gasteiger partial charge in [-0.3, -0.25) is 0 Å². The number of hydrogen-bond acceptors (Lipinski definition) is 0. The van der Waals surface area contributed by atoms with E-state index in [0.29, 0.717) is 5.41 Å². The van der Waals surface area contributed by atoms with Crippen molar-refractivity contribution in [1.82, 2.24) is 0 Å². The molecular weight excluding hydrogens is 360 g/mol. The van der Waals surface area contributed by atoms with E-state index in [-0.39, 0.29) is 0 Å². The highest BCUT2D eigenvalue weighted by Crippen LogP contribution is 2.67. The monoisotopic (exact) mass is 414 g/mol. The predicted molar refractivity (Wildman–Crippen MR) is 134 cm³/mol. The van der Waals surface area contributed by atoms with Crippen molar-refractivity contribution in [2.45, 2.75) is 131 Å². The van der Waals surface area contributed by atoms with Crippen LogP contribution in [0, 0.1) is 46.3 Å². The molecule has 0 saturated heterocycles. The van der Waals surface area contributed by atoms with Crippen LogP contribution >= 0.6 is 0 Å². The molecule has 0 heteroatoms. The third-order valence-electron chi connectivity index (χ3n) is 10.4. The molecule has 4 fully saturated rings. The number of allylic oxidation sites excluding steroid dienone is 1. The summed E-state index contributed by atoms with van der Waals surface area (Å²) in [7, 11) is 0. The SMILES string of the molecule is C=C(C)C.CC(C)CCCCC1CCC2C3CCC4CCCCC4(C)C3CCC12C. The Morgan fingerprint density at radius 2 is 1.53 bits per heavy atom. The van der Waals surface area contributed by atoms with E-state index >= 15 is 0 Å². The number of fused-ring (bicyclic) bond motifs is 5. The molecule has 0 aliphatic heterocycles. The normalized spacial score (nSPS) is 42.6. The Hall–Kier alpha value is -0.260. The zero-order valence-corrected chi connectivity index (χ0v) is 21.6. The van der Waals surface area contributed by atoms with Crippen LogP contribution in [0.2, 0.25) is 0 Å². The maximum atomic E-state index is 3.56. The highest BCUT2D eigenvalue weighted by molar-refractivity contribution is 5.08. The van der Waals surface area contributed by atoms with Gasteiger partial charge in [0, 0.05) is 0 Å². The van der Waals surface area contributed by atoms with E-state index < -0.39 is 0 Å². The molecular formula is C30H54. The van der Waals surface area contributed by atoms with Crippen LogP contribution in [0.3, 0.4) is 0 Å². The fourth-order valence-corrected chi connectivity index (χ4v) is 8.82. The van der Waals surface area contributed by atoms with Gasteiger partial charge in [-0.05, 0) is 118 Å². The van der Waals surface area contributed by atoms with Crippen molar-refractivity contribution in [2.24, 2.45) is 46.3 Å². The number of rotatable bonds is 5. The van der Waals surface area contributed by atoms with Crippen LogP contribution in [0.15, 0.2) is 12.2 Å². The van der Waals surface area contributed by atoms with Gasteiger partial charge in [0.05, 0.1) is 0 Å². The van der Waals surface area contributed by atoms with Crippen molar-refractivity contribution in [2.75, 3.05) is 0 Å². The van der Waals surface area contributed by atoms with Crippen molar-refractivity contribution in [3.05, 3.63) is 12.2 Å². The Labute approximate surface area is 190 Å². The molecule has 4 aliphatic carbocycles. The van der Waals surface area contributed by atoms with Crippen LogP contribution in [0.1, 0.15) is 131 Å². The Bertz CT molecular complexity index is 554. The van der Waals surface area contributed by atoms with Crippen LogP contribution in [-0.4, -0.2) is 0 Å². The van der Waals surface area contributed by atoms with Gasteiger partial charge in [0.25, 0.3) is 0 Å². The molecule has 174 valence electrons. The van der Waals surface area contributed by atoms with Gasteiger partial charge < -0.3 is 0 Å². The first-order valence-electron chi connectivity index (χ1n) is 13.8. The second-order valence-corrected chi connectivity index (χ2v) is 13.1. The van der Waals surface area contributed by atoms with E-state index in [0.717, 1.165) is 40.9 Å². The Morgan fingerprint density at radius 3 is 2.23 bits per heavy atom. The maximum absolute atomic E-state index is 3.56. The fraction of sp³-hybridized carbons (Fsp3) is 0.933. The van der Waals surface area contributed by atoms with E-state index in [1.807, 2.05) is 13.8 Å². The van der Waals surface area contributed by atoms with Gasteiger partial charge >= 0.3 is 0 Å². The molecule has 30 heavy (non-hydrogen) atoms. The van der Waals surface area contributed by atoms with E-state index in [2.05, 4.69) is 34.3 Å². The molecule has 0 aromatic heterocycles. The zero-order valence-electron chi connectivity index (χ0n) is 21.6. The lowest BCUT2D eigenvalue weighted by molar-refractivity contribution is -0.111. The first-order chi connectivity index (χ1) is 14.2. The summed E-state index contributed by atoms with van der Waals surface area (Å²) >= 11 is 0. The predicted octanol–water partition coefficient (Wildman–Crippen LogP) is 9.83. The molecule has 4 saturated carbocycles. The quantitative estimate of drug-likeness (QED) is 0.310. The standard InChI is InChI=1S/C26H46.C4H8/c1-19(2)9-5-6-10-21-13-15-23-22-14-12-20-11-7-8-17-25(20,3)24(22)16-18-26(21,23)4;1-4(2)3/h19-24H,5-18H2,1-4H3;1H2,2-3H3. The zero-order chi connectivity index (χ0) is 21.9.